The van der Waals surface area contributed by atoms with Gasteiger partial charge in [0.15, 0.2) is 0 Å². The molecule has 1 fully saturated rings. The van der Waals surface area contributed by atoms with E-state index < -0.39 is 10.2 Å². The fourth-order valence-electron chi connectivity index (χ4n) is 1.72. The molecule has 94 valence electrons. The van der Waals surface area contributed by atoms with Gasteiger partial charge < -0.3 is 5.11 Å². The molecule has 0 bridgehead atoms. The first-order valence-corrected chi connectivity index (χ1v) is 7.07. The summed E-state index contributed by atoms with van der Waals surface area (Å²) in [6.07, 6.45) is 1.74. The second-order valence-electron chi connectivity index (χ2n) is 3.87. The summed E-state index contributed by atoms with van der Waals surface area (Å²) >= 11 is 5.67. The molecule has 0 radical (unpaired) electrons. The Balaban J connectivity index is 2.19. The number of phenolic OH excluding ortho intramolecular Hbond substituents is 1. The van der Waals surface area contributed by atoms with Crippen LogP contribution in [0.3, 0.4) is 0 Å². The molecule has 7 heteroatoms. The Kier molecular flexibility index (Phi) is 3.46. The summed E-state index contributed by atoms with van der Waals surface area (Å²) in [6.45, 7) is 1.04. The van der Waals surface area contributed by atoms with Crippen molar-refractivity contribution < 1.29 is 13.5 Å². The van der Waals surface area contributed by atoms with Crippen molar-refractivity contribution >= 4 is 27.5 Å². The zero-order chi connectivity index (χ0) is 12.5. The van der Waals surface area contributed by atoms with Crippen LogP contribution in [0.2, 0.25) is 5.02 Å². The lowest BCUT2D eigenvalue weighted by Gasteiger charge is -2.17. The zero-order valence-electron chi connectivity index (χ0n) is 9.06. The highest BCUT2D eigenvalue weighted by Gasteiger charge is 2.25. The fourth-order valence-corrected chi connectivity index (χ4v) is 3.21. The van der Waals surface area contributed by atoms with Gasteiger partial charge in [-0.2, -0.15) is 12.7 Å². The van der Waals surface area contributed by atoms with Crippen LogP contribution in [-0.2, 0) is 10.2 Å². The molecule has 0 amide bonds. The van der Waals surface area contributed by atoms with Crippen LogP contribution in [0, 0.1) is 0 Å². The quantitative estimate of drug-likeness (QED) is 0.827. The Labute approximate surface area is 105 Å². The molecule has 1 saturated heterocycles. The second kappa shape index (κ2) is 4.72. The van der Waals surface area contributed by atoms with Gasteiger partial charge in [-0.05, 0) is 25.0 Å². The van der Waals surface area contributed by atoms with Crippen molar-refractivity contribution in [2.45, 2.75) is 12.8 Å². The van der Waals surface area contributed by atoms with Gasteiger partial charge in [0.2, 0.25) is 0 Å². The Bertz CT molecular complexity index is 512. The van der Waals surface area contributed by atoms with Crippen molar-refractivity contribution in [3.63, 3.8) is 0 Å². The highest BCUT2D eigenvalue weighted by Crippen LogP contribution is 2.28. The smallest absolute Gasteiger partial charge is 0.301 e. The number of aromatic hydroxyl groups is 1. The van der Waals surface area contributed by atoms with Crippen LogP contribution in [0.1, 0.15) is 12.8 Å². The molecule has 0 saturated carbocycles. The molecule has 2 rings (SSSR count). The molecular formula is C10H13ClN2O3S. The van der Waals surface area contributed by atoms with Crippen LogP contribution in [-0.4, -0.2) is 30.9 Å². The van der Waals surface area contributed by atoms with Crippen molar-refractivity contribution in [2.24, 2.45) is 0 Å². The average Bonchev–Trinajstić information content (AvgIpc) is 2.76. The Morgan fingerprint density at radius 1 is 1.29 bits per heavy atom. The molecule has 0 atom stereocenters. The lowest BCUT2D eigenvalue weighted by molar-refractivity contribution is 0.472. The third kappa shape index (κ3) is 2.83. The molecule has 1 aliphatic heterocycles. The number of rotatable bonds is 3. The van der Waals surface area contributed by atoms with Crippen LogP contribution in [0.15, 0.2) is 18.2 Å². The molecule has 1 aromatic rings. The van der Waals surface area contributed by atoms with Gasteiger partial charge in [-0.25, -0.2) is 0 Å². The monoisotopic (exact) mass is 276 g/mol. The van der Waals surface area contributed by atoms with Crippen LogP contribution in [0.25, 0.3) is 0 Å². The maximum Gasteiger partial charge on any atom is 0.301 e. The number of benzene rings is 1. The number of hydrogen-bond acceptors (Lipinski definition) is 3. The van der Waals surface area contributed by atoms with Gasteiger partial charge in [-0.15, -0.1) is 0 Å². The van der Waals surface area contributed by atoms with Gasteiger partial charge in [0.05, 0.1) is 5.69 Å². The first kappa shape index (κ1) is 12.5. The first-order valence-electron chi connectivity index (χ1n) is 5.25. The highest BCUT2D eigenvalue weighted by molar-refractivity contribution is 7.90. The maximum atomic E-state index is 11.9. The first-order chi connectivity index (χ1) is 7.99. The predicted octanol–water partition coefficient (Wildman–Crippen LogP) is 1.80. The lowest BCUT2D eigenvalue weighted by Crippen LogP contribution is -2.33. The summed E-state index contributed by atoms with van der Waals surface area (Å²) in [5.41, 5.74) is 0.140. The van der Waals surface area contributed by atoms with Crippen LogP contribution < -0.4 is 4.72 Å². The molecule has 2 N–H and O–H groups in total. The third-order valence-corrected chi connectivity index (χ3v) is 4.36. The molecule has 1 heterocycles. The van der Waals surface area contributed by atoms with E-state index in [-0.39, 0.29) is 11.4 Å². The normalized spacial score (nSPS) is 17.2. The highest BCUT2D eigenvalue weighted by atomic mass is 35.5. The van der Waals surface area contributed by atoms with Gasteiger partial charge in [0, 0.05) is 24.2 Å². The molecule has 0 aromatic heterocycles. The largest absolute Gasteiger partial charge is 0.506 e. The van der Waals surface area contributed by atoms with E-state index in [0.29, 0.717) is 18.1 Å². The topological polar surface area (TPSA) is 69.6 Å². The number of halogens is 1. The standard InChI is InChI=1S/C10H13ClN2O3S/c11-8-3-4-9(10(14)7-8)12-17(15,16)13-5-1-2-6-13/h3-4,7,12,14H,1-2,5-6H2. The summed E-state index contributed by atoms with van der Waals surface area (Å²) in [4.78, 5) is 0. The average molecular weight is 277 g/mol. The van der Waals surface area contributed by atoms with Crippen molar-refractivity contribution in [1.29, 1.82) is 0 Å². The second-order valence-corrected chi connectivity index (χ2v) is 5.98. The van der Waals surface area contributed by atoms with E-state index in [4.69, 9.17) is 11.6 Å². The fraction of sp³-hybridized carbons (Fsp3) is 0.400. The van der Waals surface area contributed by atoms with Gasteiger partial charge in [-0.3, -0.25) is 4.72 Å². The number of hydrogen-bond donors (Lipinski definition) is 2. The van der Waals surface area contributed by atoms with Gasteiger partial charge in [0.1, 0.15) is 5.75 Å². The van der Waals surface area contributed by atoms with E-state index in [1.54, 1.807) is 0 Å². The van der Waals surface area contributed by atoms with Crippen molar-refractivity contribution in [2.75, 3.05) is 17.8 Å². The molecule has 0 unspecified atom stereocenters. The third-order valence-electron chi connectivity index (χ3n) is 2.60. The van der Waals surface area contributed by atoms with Crippen molar-refractivity contribution in [3.8, 4) is 5.75 Å². The predicted molar refractivity (Wildman–Crippen MR) is 66.5 cm³/mol. The number of phenols is 1. The Morgan fingerprint density at radius 2 is 1.94 bits per heavy atom. The number of nitrogens with zero attached hydrogens (tertiary/aromatic N) is 1. The van der Waals surface area contributed by atoms with E-state index in [1.807, 2.05) is 0 Å². The Morgan fingerprint density at radius 3 is 2.53 bits per heavy atom. The van der Waals surface area contributed by atoms with Crippen LogP contribution >= 0.6 is 11.6 Å². The molecule has 5 nitrogen and oxygen atoms in total. The van der Waals surface area contributed by atoms with E-state index in [9.17, 15) is 13.5 Å². The minimum absolute atomic E-state index is 0.140. The van der Waals surface area contributed by atoms with E-state index in [2.05, 4.69) is 4.72 Å². The maximum absolute atomic E-state index is 11.9. The summed E-state index contributed by atoms with van der Waals surface area (Å²) in [7, 11) is -3.57. The molecular weight excluding hydrogens is 264 g/mol. The molecule has 0 spiro atoms. The van der Waals surface area contributed by atoms with E-state index >= 15 is 0 Å². The minimum Gasteiger partial charge on any atom is -0.506 e. The summed E-state index contributed by atoms with van der Waals surface area (Å²) in [5.74, 6) is -0.180. The van der Waals surface area contributed by atoms with Crippen LogP contribution in [0.5, 0.6) is 5.75 Å². The molecule has 1 aliphatic rings. The lowest BCUT2D eigenvalue weighted by atomic mass is 10.3. The van der Waals surface area contributed by atoms with Crippen molar-refractivity contribution in [3.05, 3.63) is 23.2 Å². The number of anilines is 1. The summed E-state index contributed by atoms with van der Waals surface area (Å²) in [5, 5.41) is 9.92. The Hall–Kier alpha value is -0.980. The van der Waals surface area contributed by atoms with E-state index in [1.165, 1.54) is 22.5 Å². The summed E-state index contributed by atoms with van der Waals surface area (Å²) in [6, 6.07) is 4.25. The van der Waals surface area contributed by atoms with Crippen LogP contribution in [0.4, 0.5) is 5.69 Å². The summed E-state index contributed by atoms with van der Waals surface area (Å²) < 4.78 is 27.5. The number of nitrogens with one attached hydrogen (secondary N) is 1. The molecule has 1 aromatic carbocycles. The molecule has 17 heavy (non-hydrogen) atoms. The van der Waals surface area contributed by atoms with Crippen molar-refractivity contribution in [1.82, 2.24) is 4.31 Å². The SMILES string of the molecule is O=S(=O)(Nc1ccc(Cl)cc1O)N1CCCC1. The van der Waals surface area contributed by atoms with Gasteiger partial charge >= 0.3 is 10.2 Å². The molecule has 0 aliphatic carbocycles. The zero-order valence-corrected chi connectivity index (χ0v) is 10.6. The minimum atomic E-state index is -3.57. The van der Waals surface area contributed by atoms with E-state index in [0.717, 1.165) is 12.8 Å². The van der Waals surface area contributed by atoms with Gasteiger partial charge in [0.25, 0.3) is 0 Å². The van der Waals surface area contributed by atoms with Gasteiger partial charge in [-0.1, -0.05) is 11.6 Å².